The number of nitrogens with one attached hydrogen (secondary N) is 1. The predicted octanol–water partition coefficient (Wildman–Crippen LogP) is 3.34. The first-order valence-electron chi connectivity index (χ1n) is 7.54. The third-order valence-electron chi connectivity index (χ3n) is 3.44. The summed E-state index contributed by atoms with van der Waals surface area (Å²) in [5.41, 5.74) is 1.20. The van der Waals surface area contributed by atoms with E-state index < -0.39 is 0 Å². The lowest BCUT2D eigenvalue weighted by atomic mass is 10.0. The average molecular weight is 343 g/mol. The largest absolute Gasteiger partial charge is 0.459 e. The summed E-state index contributed by atoms with van der Waals surface area (Å²) < 4.78 is 10.6. The smallest absolute Gasteiger partial charge is 0.284 e. The van der Waals surface area contributed by atoms with Gasteiger partial charge in [0, 0.05) is 6.54 Å². The van der Waals surface area contributed by atoms with E-state index in [9.17, 15) is 4.79 Å². The van der Waals surface area contributed by atoms with Crippen LogP contribution in [0.5, 0.6) is 0 Å². The van der Waals surface area contributed by atoms with Crippen molar-refractivity contribution in [3.05, 3.63) is 54.3 Å². The first kappa shape index (κ1) is 16.3. The minimum absolute atomic E-state index is 0.0690. The summed E-state index contributed by atoms with van der Waals surface area (Å²) in [6, 6.07) is 13.6. The van der Waals surface area contributed by atoms with Crippen LogP contribution in [0.4, 0.5) is 0 Å². The van der Waals surface area contributed by atoms with E-state index in [4.69, 9.17) is 8.83 Å². The highest BCUT2D eigenvalue weighted by Gasteiger charge is 2.13. The van der Waals surface area contributed by atoms with Gasteiger partial charge in [-0.05, 0) is 23.6 Å². The van der Waals surface area contributed by atoms with Gasteiger partial charge < -0.3 is 14.2 Å². The Morgan fingerprint density at radius 3 is 2.79 bits per heavy atom. The molecule has 0 radical (unpaired) electrons. The maximum absolute atomic E-state index is 11.9. The molecule has 24 heavy (non-hydrogen) atoms. The molecule has 1 amide bonds. The van der Waals surface area contributed by atoms with E-state index in [1.807, 2.05) is 18.2 Å². The van der Waals surface area contributed by atoms with Crippen LogP contribution in [-0.2, 0) is 4.79 Å². The molecule has 1 N–H and O–H groups in total. The van der Waals surface area contributed by atoms with Crippen molar-refractivity contribution < 1.29 is 13.6 Å². The lowest BCUT2D eigenvalue weighted by molar-refractivity contribution is -0.118. The number of benzene rings is 1. The van der Waals surface area contributed by atoms with Gasteiger partial charge in [0.15, 0.2) is 5.76 Å². The van der Waals surface area contributed by atoms with Crippen LogP contribution in [0.1, 0.15) is 18.4 Å². The summed E-state index contributed by atoms with van der Waals surface area (Å²) in [5, 5.41) is 11.0. The van der Waals surface area contributed by atoms with Crippen LogP contribution in [0, 0.1) is 0 Å². The van der Waals surface area contributed by atoms with E-state index in [2.05, 4.69) is 34.6 Å². The lowest BCUT2D eigenvalue weighted by Gasteiger charge is -2.12. The van der Waals surface area contributed by atoms with Gasteiger partial charge in [0.25, 0.3) is 11.1 Å². The van der Waals surface area contributed by atoms with Crippen molar-refractivity contribution in [2.45, 2.75) is 18.1 Å². The number of nitrogens with zero attached hydrogens (tertiary/aromatic N) is 2. The summed E-state index contributed by atoms with van der Waals surface area (Å²) >= 11 is 1.20. The fraction of sp³-hybridized carbons (Fsp3) is 0.235. The quantitative estimate of drug-likeness (QED) is 0.663. The first-order valence-corrected chi connectivity index (χ1v) is 8.53. The summed E-state index contributed by atoms with van der Waals surface area (Å²) in [4.78, 5) is 11.9. The molecule has 2 aromatic heterocycles. The number of aromatic nitrogens is 2. The Hall–Kier alpha value is -2.54. The molecule has 0 saturated heterocycles. The van der Waals surface area contributed by atoms with Crippen LogP contribution in [0.15, 0.2) is 62.8 Å². The highest BCUT2D eigenvalue weighted by atomic mass is 32.2. The van der Waals surface area contributed by atoms with Crippen LogP contribution in [0.25, 0.3) is 11.7 Å². The first-order chi connectivity index (χ1) is 11.7. The van der Waals surface area contributed by atoms with E-state index in [-0.39, 0.29) is 17.6 Å². The zero-order valence-electron chi connectivity index (χ0n) is 13.1. The van der Waals surface area contributed by atoms with Crippen LogP contribution < -0.4 is 5.32 Å². The van der Waals surface area contributed by atoms with E-state index in [1.165, 1.54) is 23.6 Å². The molecule has 0 aliphatic carbocycles. The number of furan rings is 1. The minimum atomic E-state index is -0.0690. The van der Waals surface area contributed by atoms with Gasteiger partial charge in [-0.2, -0.15) is 0 Å². The van der Waals surface area contributed by atoms with Crippen molar-refractivity contribution >= 4 is 17.7 Å². The molecule has 0 bridgehead atoms. The number of amides is 1. The molecule has 1 unspecified atom stereocenters. The maximum atomic E-state index is 11.9. The molecule has 3 aromatic rings. The fourth-order valence-corrected chi connectivity index (χ4v) is 2.71. The zero-order valence-corrected chi connectivity index (χ0v) is 14.0. The Bertz CT molecular complexity index is 772. The SMILES string of the molecule is CC(CNC(=O)CSc1nnc(-c2ccco2)o1)c1ccccc1. The van der Waals surface area contributed by atoms with E-state index in [0.29, 0.717) is 23.4 Å². The fourth-order valence-electron chi connectivity index (χ4n) is 2.11. The maximum Gasteiger partial charge on any atom is 0.284 e. The molecule has 7 heteroatoms. The molecule has 6 nitrogen and oxygen atoms in total. The Morgan fingerprint density at radius 2 is 2.04 bits per heavy atom. The predicted molar refractivity (Wildman–Crippen MR) is 90.6 cm³/mol. The van der Waals surface area contributed by atoms with Gasteiger partial charge in [-0.15, -0.1) is 10.2 Å². The third kappa shape index (κ3) is 4.26. The van der Waals surface area contributed by atoms with Gasteiger partial charge in [0.1, 0.15) is 0 Å². The minimum Gasteiger partial charge on any atom is -0.459 e. The van der Waals surface area contributed by atoms with Gasteiger partial charge in [-0.25, -0.2) is 0 Å². The zero-order chi connectivity index (χ0) is 16.8. The molecule has 0 spiro atoms. The second kappa shape index (κ2) is 7.83. The van der Waals surface area contributed by atoms with Gasteiger partial charge >= 0.3 is 0 Å². The van der Waals surface area contributed by atoms with Crippen molar-refractivity contribution in [2.75, 3.05) is 12.3 Å². The van der Waals surface area contributed by atoms with Crippen LogP contribution in [-0.4, -0.2) is 28.4 Å². The number of rotatable bonds is 7. The van der Waals surface area contributed by atoms with Crippen molar-refractivity contribution in [2.24, 2.45) is 0 Å². The standard InChI is InChI=1S/C17H17N3O3S/c1-12(13-6-3-2-4-7-13)10-18-15(21)11-24-17-20-19-16(23-17)14-8-5-9-22-14/h2-9,12H,10-11H2,1H3,(H,18,21). The van der Waals surface area contributed by atoms with Gasteiger partial charge in [-0.3, -0.25) is 4.79 Å². The van der Waals surface area contributed by atoms with E-state index in [1.54, 1.807) is 12.1 Å². The molecule has 2 heterocycles. The molecule has 0 fully saturated rings. The van der Waals surface area contributed by atoms with Gasteiger partial charge in [-0.1, -0.05) is 49.0 Å². The molecule has 0 aliphatic rings. The number of hydrogen-bond acceptors (Lipinski definition) is 6. The van der Waals surface area contributed by atoms with Crippen LogP contribution in [0.2, 0.25) is 0 Å². The number of carbonyl (C=O) groups is 1. The summed E-state index contributed by atoms with van der Waals surface area (Å²) in [6.07, 6.45) is 1.54. The third-order valence-corrected chi connectivity index (χ3v) is 4.26. The molecule has 1 atom stereocenters. The molecule has 124 valence electrons. The highest BCUT2D eigenvalue weighted by Crippen LogP contribution is 2.23. The van der Waals surface area contributed by atoms with Crippen molar-refractivity contribution in [1.29, 1.82) is 0 Å². The van der Waals surface area contributed by atoms with Gasteiger partial charge in [0.05, 0.1) is 12.0 Å². The Kier molecular flexibility index (Phi) is 5.32. The van der Waals surface area contributed by atoms with E-state index in [0.717, 1.165) is 0 Å². The van der Waals surface area contributed by atoms with Crippen molar-refractivity contribution in [3.63, 3.8) is 0 Å². The molecule has 3 rings (SSSR count). The number of thioether (sulfide) groups is 1. The molecule has 1 aromatic carbocycles. The van der Waals surface area contributed by atoms with Crippen molar-refractivity contribution in [1.82, 2.24) is 15.5 Å². The Balaban J connectivity index is 1.44. The second-order valence-corrected chi connectivity index (χ2v) is 6.18. The topological polar surface area (TPSA) is 81.2 Å². The molecular weight excluding hydrogens is 326 g/mol. The summed E-state index contributed by atoms with van der Waals surface area (Å²) in [5.74, 6) is 1.23. The molecular formula is C17H17N3O3S. The van der Waals surface area contributed by atoms with Crippen molar-refractivity contribution in [3.8, 4) is 11.7 Å². The van der Waals surface area contributed by atoms with Gasteiger partial charge in [0.2, 0.25) is 5.91 Å². The number of hydrogen-bond donors (Lipinski definition) is 1. The highest BCUT2D eigenvalue weighted by molar-refractivity contribution is 7.99. The second-order valence-electron chi connectivity index (χ2n) is 5.25. The normalized spacial score (nSPS) is 12.0. The monoisotopic (exact) mass is 343 g/mol. The average Bonchev–Trinajstić information content (AvgIpc) is 3.29. The molecule has 0 aliphatic heterocycles. The van der Waals surface area contributed by atoms with Crippen LogP contribution >= 0.6 is 11.8 Å². The lowest BCUT2D eigenvalue weighted by Crippen LogP contribution is -2.28. The Morgan fingerprint density at radius 1 is 1.21 bits per heavy atom. The number of carbonyl (C=O) groups excluding carboxylic acids is 1. The van der Waals surface area contributed by atoms with Crippen LogP contribution in [0.3, 0.4) is 0 Å². The Labute approximate surface area is 143 Å². The summed E-state index contributed by atoms with van der Waals surface area (Å²) in [6.45, 7) is 2.67. The molecule has 0 saturated carbocycles. The summed E-state index contributed by atoms with van der Waals surface area (Å²) in [7, 11) is 0. The van der Waals surface area contributed by atoms with E-state index >= 15 is 0 Å².